The number of carbonyl (C=O) groups is 1. The lowest BCUT2D eigenvalue weighted by Crippen LogP contribution is -2.01. The summed E-state index contributed by atoms with van der Waals surface area (Å²) < 4.78 is 0. The molecular formula is C8H6N4O2. The molecule has 0 aliphatic carbocycles. The summed E-state index contributed by atoms with van der Waals surface area (Å²) in [4.78, 5) is 10.8. The third-order valence-electron chi connectivity index (χ3n) is 1.75. The van der Waals surface area contributed by atoms with Gasteiger partial charge in [-0.05, 0) is 6.07 Å². The minimum atomic E-state index is -1.04. The molecule has 0 radical (unpaired) electrons. The topological polar surface area (TPSA) is 91.8 Å². The quantitative estimate of drug-likeness (QED) is 0.722. The van der Waals surface area contributed by atoms with Gasteiger partial charge in [0.2, 0.25) is 0 Å². The average Bonchev–Trinajstić information content (AvgIpc) is 2.70. The van der Waals surface area contributed by atoms with Crippen LogP contribution in [0.4, 0.5) is 0 Å². The summed E-state index contributed by atoms with van der Waals surface area (Å²) in [6.45, 7) is 0. The highest BCUT2D eigenvalue weighted by atomic mass is 16.4. The summed E-state index contributed by atoms with van der Waals surface area (Å²) in [6, 6.07) is 1.67. The minimum absolute atomic E-state index is 0.101. The molecule has 2 aromatic rings. The molecule has 14 heavy (non-hydrogen) atoms. The lowest BCUT2D eigenvalue weighted by atomic mass is 10.1. The number of aromatic nitrogens is 4. The van der Waals surface area contributed by atoms with E-state index in [1.807, 2.05) is 0 Å². The van der Waals surface area contributed by atoms with Gasteiger partial charge in [-0.1, -0.05) is 0 Å². The van der Waals surface area contributed by atoms with Crippen LogP contribution in [0.15, 0.2) is 24.7 Å². The molecule has 0 fully saturated rings. The van der Waals surface area contributed by atoms with E-state index >= 15 is 0 Å². The van der Waals surface area contributed by atoms with E-state index in [1.54, 1.807) is 12.3 Å². The second-order valence-corrected chi connectivity index (χ2v) is 2.59. The molecule has 2 heterocycles. The van der Waals surface area contributed by atoms with Gasteiger partial charge in [-0.15, -0.1) is 0 Å². The van der Waals surface area contributed by atoms with E-state index in [2.05, 4.69) is 20.4 Å². The number of H-pyrrole nitrogens is 1. The molecule has 2 N–H and O–H groups in total. The Labute approximate surface area is 78.6 Å². The number of carboxylic acids is 1. The second-order valence-electron chi connectivity index (χ2n) is 2.59. The summed E-state index contributed by atoms with van der Waals surface area (Å²) >= 11 is 0. The molecule has 6 heteroatoms. The number of aromatic carboxylic acids is 1. The molecule has 2 rings (SSSR count). The van der Waals surface area contributed by atoms with Gasteiger partial charge in [0.15, 0.2) is 0 Å². The fraction of sp³-hybridized carbons (Fsp3) is 0. The zero-order chi connectivity index (χ0) is 9.97. The fourth-order valence-corrected chi connectivity index (χ4v) is 1.11. The molecule has 0 saturated carbocycles. The maximum Gasteiger partial charge on any atom is 0.338 e. The molecule has 0 spiro atoms. The predicted molar refractivity (Wildman–Crippen MR) is 46.6 cm³/mol. The van der Waals surface area contributed by atoms with Gasteiger partial charge in [0.1, 0.15) is 0 Å². The van der Waals surface area contributed by atoms with Crippen molar-refractivity contribution in [2.24, 2.45) is 0 Å². The van der Waals surface area contributed by atoms with Gasteiger partial charge in [0, 0.05) is 11.8 Å². The SMILES string of the molecule is O=C(O)c1cnncc1-c1ccn[nH]1. The molecule has 0 aliphatic heterocycles. The number of carboxylic acid groups (broad SMARTS) is 1. The zero-order valence-corrected chi connectivity index (χ0v) is 7.01. The van der Waals surface area contributed by atoms with Gasteiger partial charge in [-0.2, -0.15) is 15.3 Å². The van der Waals surface area contributed by atoms with E-state index in [-0.39, 0.29) is 5.56 Å². The van der Waals surface area contributed by atoms with E-state index in [1.165, 1.54) is 12.4 Å². The van der Waals surface area contributed by atoms with Crippen LogP contribution in [-0.4, -0.2) is 31.5 Å². The summed E-state index contributed by atoms with van der Waals surface area (Å²) in [6.07, 6.45) is 4.14. The Bertz CT molecular complexity index is 452. The second kappa shape index (κ2) is 3.25. The Kier molecular flexibility index (Phi) is 1.94. The Hall–Kier alpha value is -2.24. The normalized spacial score (nSPS) is 10.0. The largest absolute Gasteiger partial charge is 0.478 e. The van der Waals surface area contributed by atoms with Crippen LogP contribution in [0.25, 0.3) is 11.3 Å². The van der Waals surface area contributed by atoms with Crippen molar-refractivity contribution in [2.75, 3.05) is 0 Å². The van der Waals surface area contributed by atoms with Crippen LogP contribution in [0.3, 0.4) is 0 Å². The van der Waals surface area contributed by atoms with E-state index in [0.29, 0.717) is 11.3 Å². The molecule has 0 amide bonds. The van der Waals surface area contributed by atoms with Gasteiger partial charge < -0.3 is 5.11 Å². The minimum Gasteiger partial charge on any atom is -0.478 e. The molecule has 0 saturated heterocycles. The lowest BCUT2D eigenvalue weighted by molar-refractivity contribution is 0.0697. The number of nitrogens with zero attached hydrogens (tertiary/aromatic N) is 3. The van der Waals surface area contributed by atoms with Gasteiger partial charge in [0.25, 0.3) is 0 Å². The Morgan fingerprint density at radius 1 is 1.36 bits per heavy atom. The molecule has 70 valence electrons. The highest BCUT2D eigenvalue weighted by Gasteiger charge is 2.12. The number of rotatable bonds is 2. The molecule has 0 bridgehead atoms. The van der Waals surface area contributed by atoms with Crippen molar-refractivity contribution in [3.63, 3.8) is 0 Å². The van der Waals surface area contributed by atoms with Gasteiger partial charge in [-0.25, -0.2) is 4.79 Å². The Morgan fingerprint density at radius 2 is 2.14 bits per heavy atom. The molecule has 2 aromatic heterocycles. The van der Waals surface area contributed by atoms with Crippen LogP contribution in [0.1, 0.15) is 10.4 Å². The Morgan fingerprint density at radius 3 is 2.79 bits per heavy atom. The number of aromatic amines is 1. The van der Waals surface area contributed by atoms with Crippen LogP contribution < -0.4 is 0 Å². The van der Waals surface area contributed by atoms with Gasteiger partial charge in [-0.3, -0.25) is 5.10 Å². The van der Waals surface area contributed by atoms with Gasteiger partial charge in [0.05, 0.1) is 23.7 Å². The van der Waals surface area contributed by atoms with Crippen LogP contribution in [0, 0.1) is 0 Å². The van der Waals surface area contributed by atoms with Gasteiger partial charge >= 0.3 is 5.97 Å². The van der Waals surface area contributed by atoms with Crippen LogP contribution in [-0.2, 0) is 0 Å². The summed E-state index contributed by atoms with van der Waals surface area (Å²) in [5, 5.41) is 22.4. The maximum atomic E-state index is 10.8. The van der Waals surface area contributed by atoms with Crippen molar-refractivity contribution >= 4 is 5.97 Å². The average molecular weight is 190 g/mol. The highest BCUT2D eigenvalue weighted by Crippen LogP contribution is 2.18. The van der Waals surface area contributed by atoms with Crippen molar-refractivity contribution in [3.8, 4) is 11.3 Å². The first-order valence-corrected chi connectivity index (χ1v) is 3.83. The summed E-state index contributed by atoms with van der Waals surface area (Å²) in [5.74, 6) is -1.04. The van der Waals surface area contributed by atoms with Crippen molar-refractivity contribution in [1.82, 2.24) is 20.4 Å². The van der Waals surface area contributed by atoms with E-state index in [0.717, 1.165) is 0 Å². The molecular weight excluding hydrogens is 184 g/mol. The number of nitrogens with one attached hydrogen (secondary N) is 1. The number of hydrogen-bond acceptors (Lipinski definition) is 4. The molecule has 0 aromatic carbocycles. The van der Waals surface area contributed by atoms with E-state index in [9.17, 15) is 4.79 Å². The van der Waals surface area contributed by atoms with E-state index in [4.69, 9.17) is 5.11 Å². The van der Waals surface area contributed by atoms with Crippen LogP contribution in [0.2, 0.25) is 0 Å². The first-order chi connectivity index (χ1) is 6.79. The lowest BCUT2D eigenvalue weighted by Gasteiger charge is -2.00. The zero-order valence-electron chi connectivity index (χ0n) is 7.01. The molecule has 0 unspecified atom stereocenters. The van der Waals surface area contributed by atoms with E-state index < -0.39 is 5.97 Å². The molecule has 0 atom stereocenters. The maximum absolute atomic E-state index is 10.8. The summed E-state index contributed by atoms with van der Waals surface area (Å²) in [5.41, 5.74) is 1.19. The third-order valence-corrected chi connectivity index (χ3v) is 1.75. The number of hydrogen-bond donors (Lipinski definition) is 2. The first kappa shape index (κ1) is 8.36. The van der Waals surface area contributed by atoms with Crippen molar-refractivity contribution in [3.05, 3.63) is 30.2 Å². The smallest absolute Gasteiger partial charge is 0.338 e. The predicted octanol–water partition coefficient (Wildman–Crippen LogP) is 0.565. The van der Waals surface area contributed by atoms with Crippen LogP contribution >= 0.6 is 0 Å². The van der Waals surface area contributed by atoms with Crippen molar-refractivity contribution in [1.29, 1.82) is 0 Å². The Balaban J connectivity index is 2.58. The molecule has 0 aliphatic rings. The van der Waals surface area contributed by atoms with Crippen LogP contribution in [0.5, 0.6) is 0 Å². The van der Waals surface area contributed by atoms with Crippen molar-refractivity contribution in [2.45, 2.75) is 0 Å². The third kappa shape index (κ3) is 1.33. The van der Waals surface area contributed by atoms with Crippen molar-refractivity contribution < 1.29 is 9.90 Å². The first-order valence-electron chi connectivity index (χ1n) is 3.83. The molecule has 6 nitrogen and oxygen atoms in total. The summed E-state index contributed by atoms with van der Waals surface area (Å²) in [7, 11) is 0. The fourth-order valence-electron chi connectivity index (χ4n) is 1.11. The standard InChI is InChI=1S/C8H6N4O2/c13-8(14)6-4-11-10-3-5(6)7-1-2-9-12-7/h1-4H,(H,9,12)(H,13,14). The monoisotopic (exact) mass is 190 g/mol. The highest BCUT2D eigenvalue weighted by molar-refractivity contribution is 5.94.